The van der Waals surface area contributed by atoms with Crippen LogP contribution in [-0.2, 0) is 6.42 Å². The Morgan fingerprint density at radius 3 is 2.75 bits per heavy atom. The van der Waals surface area contributed by atoms with Crippen LogP contribution >= 0.6 is 0 Å². The Morgan fingerprint density at radius 1 is 1.17 bits per heavy atom. The van der Waals surface area contributed by atoms with Crippen molar-refractivity contribution in [2.75, 3.05) is 5.32 Å². The molecule has 2 aromatic carbocycles. The summed E-state index contributed by atoms with van der Waals surface area (Å²) in [5, 5.41) is 7.76. The van der Waals surface area contributed by atoms with Crippen molar-refractivity contribution in [3.05, 3.63) is 77.4 Å². The van der Waals surface area contributed by atoms with E-state index in [1.54, 1.807) is 12.1 Å². The lowest BCUT2D eigenvalue weighted by Gasteiger charge is -2.32. The summed E-state index contributed by atoms with van der Waals surface area (Å²) in [6.45, 7) is 2.15. The number of anilines is 1. The van der Waals surface area contributed by atoms with E-state index in [-0.39, 0.29) is 17.9 Å². The minimum atomic E-state index is -0.225. The first-order chi connectivity index (χ1) is 11.7. The lowest BCUT2D eigenvalue weighted by atomic mass is 9.93. The molecule has 5 heteroatoms. The summed E-state index contributed by atoms with van der Waals surface area (Å²) in [5.41, 5.74) is 3.45. The average Bonchev–Trinajstić information content (AvgIpc) is 3.09. The molecule has 4 nitrogen and oxygen atoms in total. The molecule has 0 fully saturated rings. The second-order valence-corrected chi connectivity index (χ2v) is 6.13. The van der Waals surface area contributed by atoms with Gasteiger partial charge in [0.1, 0.15) is 12.1 Å². The molecule has 2 atom stereocenters. The van der Waals surface area contributed by atoms with Crippen LogP contribution in [0.15, 0.2) is 54.9 Å². The molecule has 0 amide bonds. The van der Waals surface area contributed by atoms with E-state index < -0.39 is 0 Å². The number of hydrogen-bond acceptors (Lipinski definition) is 3. The Bertz CT molecular complexity index is 841. The van der Waals surface area contributed by atoms with Crippen LogP contribution in [-0.4, -0.2) is 14.8 Å². The van der Waals surface area contributed by atoms with E-state index in [9.17, 15) is 4.39 Å². The first kappa shape index (κ1) is 14.9. The highest BCUT2D eigenvalue weighted by molar-refractivity contribution is 5.38. The predicted octanol–water partition coefficient (Wildman–Crippen LogP) is 4.13. The molecule has 0 saturated carbocycles. The maximum absolute atomic E-state index is 13.7. The van der Waals surface area contributed by atoms with E-state index in [1.165, 1.54) is 23.5 Å². The number of nitrogens with one attached hydrogen (secondary N) is 1. The van der Waals surface area contributed by atoms with Crippen LogP contribution < -0.4 is 5.32 Å². The van der Waals surface area contributed by atoms with E-state index in [1.807, 2.05) is 10.7 Å². The van der Waals surface area contributed by atoms with Crippen molar-refractivity contribution in [2.24, 2.45) is 0 Å². The summed E-state index contributed by atoms with van der Waals surface area (Å²) in [4.78, 5) is 4.31. The van der Waals surface area contributed by atoms with Gasteiger partial charge in [-0.3, -0.25) is 0 Å². The quantitative estimate of drug-likeness (QED) is 0.788. The summed E-state index contributed by atoms with van der Waals surface area (Å²) in [6.07, 6.45) is 3.36. The maximum Gasteiger partial charge on any atom is 0.222 e. The molecule has 1 aliphatic rings. The molecule has 0 aliphatic carbocycles. The van der Waals surface area contributed by atoms with Gasteiger partial charge < -0.3 is 5.32 Å². The molecule has 122 valence electrons. The fourth-order valence-electron chi connectivity index (χ4n) is 3.32. The summed E-state index contributed by atoms with van der Waals surface area (Å²) in [5.74, 6) is 0.497. The molecule has 4 rings (SSSR count). The van der Waals surface area contributed by atoms with Crippen molar-refractivity contribution in [1.82, 2.24) is 14.8 Å². The first-order valence-electron chi connectivity index (χ1n) is 8.25. The minimum absolute atomic E-state index is 0.0321. The van der Waals surface area contributed by atoms with E-state index in [0.29, 0.717) is 0 Å². The summed E-state index contributed by atoms with van der Waals surface area (Å²) < 4.78 is 15.5. The highest BCUT2D eigenvalue weighted by Crippen LogP contribution is 2.37. The fourth-order valence-corrected chi connectivity index (χ4v) is 3.32. The molecular formula is C19H19FN4. The van der Waals surface area contributed by atoms with Crippen LogP contribution in [0.25, 0.3) is 0 Å². The Hall–Kier alpha value is -2.69. The molecule has 0 saturated heterocycles. The molecule has 0 spiro atoms. The molecule has 1 aliphatic heterocycles. The van der Waals surface area contributed by atoms with Gasteiger partial charge in [0, 0.05) is 0 Å². The molecule has 0 bridgehead atoms. The van der Waals surface area contributed by atoms with E-state index >= 15 is 0 Å². The number of nitrogens with zero attached hydrogens (tertiary/aromatic N) is 3. The van der Waals surface area contributed by atoms with Crippen LogP contribution in [0.2, 0.25) is 0 Å². The topological polar surface area (TPSA) is 42.7 Å². The third kappa shape index (κ3) is 2.66. The largest absolute Gasteiger partial charge is 0.348 e. The zero-order valence-corrected chi connectivity index (χ0v) is 13.5. The number of benzene rings is 2. The first-order valence-corrected chi connectivity index (χ1v) is 8.25. The van der Waals surface area contributed by atoms with Gasteiger partial charge in [-0.05, 0) is 41.7 Å². The fraction of sp³-hybridized carbons (Fsp3) is 0.263. The Labute approximate surface area is 140 Å². The van der Waals surface area contributed by atoms with Gasteiger partial charge in [-0.2, -0.15) is 10.1 Å². The predicted molar refractivity (Wildman–Crippen MR) is 91.4 cm³/mol. The standard InChI is InChI=1S/C19H19FN4/c1-2-13-6-8-14(9-7-13)17-11-18(15-4-3-5-16(20)10-15)24-19(23-17)21-12-22-24/h3-10,12,17-18H,2,11H2,1H3,(H,21,22,23). The second-order valence-electron chi connectivity index (χ2n) is 6.13. The molecule has 1 N–H and O–H groups in total. The van der Waals surface area contributed by atoms with Crippen molar-refractivity contribution >= 4 is 5.95 Å². The summed E-state index contributed by atoms with van der Waals surface area (Å²) in [7, 11) is 0. The van der Waals surface area contributed by atoms with Crippen LogP contribution in [0.5, 0.6) is 0 Å². The summed E-state index contributed by atoms with van der Waals surface area (Å²) in [6, 6.07) is 15.5. The number of aryl methyl sites for hydroxylation is 1. The smallest absolute Gasteiger partial charge is 0.222 e. The molecule has 1 aromatic heterocycles. The third-order valence-corrected chi connectivity index (χ3v) is 4.65. The van der Waals surface area contributed by atoms with E-state index in [4.69, 9.17) is 0 Å². The Balaban J connectivity index is 1.70. The number of halogens is 1. The van der Waals surface area contributed by atoms with Gasteiger partial charge in [-0.15, -0.1) is 0 Å². The van der Waals surface area contributed by atoms with E-state index in [0.717, 1.165) is 24.4 Å². The average molecular weight is 322 g/mol. The van der Waals surface area contributed by atoms with Crippen molar-refractivity contribution in [3.8, 4) is 0 Å². The zero-order chi connectivity index (χ0) is 16.5. The lowest BCUT2D eigenvalue weighted by Crippen LogP contribution is -2.28. The summed E-state index contributed by atoms with van der Waals surface area (Å²) >= 11 is 0. The molecular weight excluding hydrogens is 303 g/mol. The van der Waals surface area contributed by atoms with Crippen molar-refractivity contribution in [2.45, 2.75) is 31.8 Å². The normalized spacial score (nSPS) is 19.6. The van der Waals surface area contributed by atoms with Crippen LogP contribution in [0.3, 0.4) is 0 Å². The number of aromatic nitrogens is 3. The van der Waals surface area contributed by atoms with Crippen molar-refractivity contribution < 1.29 is 4.39 Å². The van der Waals surface area contributed by atoms with Gasteiger partial charge in [-0.1, -0.05) is 43.3 Å². The molecule has 0 radical (unpaired) electrons. The highest BCUT2D eigenvalue weighted by Gasteiger charge is 2.30. The Kier molecular flexibility index (Phi) is 3.76. The van der Waals surface area contributed by atoms with Crippen LogP contribution in [0.4, 0.5) is 10.3 Å². The molecule has 24 heavy (non-hydrogen) atoms. The van der Waals surface area contributed by atoms with Gasteiger partial charge in [-0.25, -0.2) is 9.07 Å². The zero-order valence-electron chi connectivity index (χ0n) is 13.5. The molecule has 2 unspecified atom stereocenters. The minimum Gasteiger partial charge on any atom is -0.348 e. The SMILES string of the molecule is CCc1ccc(C2CC(c3cccc(F)c3)n3ncnc3N2)cc1. The van der Waals surface area contributed by atoms with Crippen LogP contribution in [0.1, 0.15) is 42.1 Å². The van der Waals surface area contributed by atoms with Gasteiger partial charge in [0.05, 0.1) is 12.1 Å². The third-order valence-electron chi connectivity index (χ3n) is 4.65. The van der Waals surface area contributed by atoms with Gasteiger partial charge in [0.2, 0.25) is 5.95 Å². The monoisotopic (exact) mass is 322 g/mol. The van der Waals surface area contributed by atoms with Crippen LogP contribution in [0, 0.1) is 5.82 Å². The van der Waals surface area contributed by atoms with Gasteiger partial charge >= 0.3 is 0 Å². The second kappa shape index (κ2) is 6.07. The van der Waals surface area contributed by atoms with E-state index in [2.05, 4.69) is 46.6 Å². The lowest BCUT2D eigenvalue weighted by molar-refractivity contribution is 0.429. The maximum atomic E-state index is 13.7. The van der Waals surface area contributed by atoms with Gasteiger partial charge in [0.25, 0.3) is 0 Å². The van der Waals surface area contributed by atoms with Crippen molar-refractivity contribution in [1.29, 1.82) is 0 Å². The number of fused-ring (bicyclic) bond motifs is 1. The molecule has 3 aromatic rings. The van der Waals surface area contributed by atoms with Crippen molar-refractivity contribution in [3.63, 3.8) is 0 Å². The number of hydrogen-bond donors (Lipinski definition) is 1. The number of rotatable bonds is 3. The highest BCUT2D eigenvalue weighted by atomic mass is 19.1. The molecule has 2 heterocycles. The Morgan fingerprint density at radius 2 is 2.00 bits per heavy atom. The van der Waals surface area contributed by atoms with Gasteiger partial charge in [0.15, 0.2) is 0 Å².